The van der Waals surface area contributed by atoms with E-state index in [1.54, 1.807) is 6.07 Å². The van der Waals surface area contributed by atoms with Gasteiger partial charge in [-0.3, -0.25) is 29.4 Å². The number of ketones is 1. The van der Waals surface area contributed by atoms with Crippen LogP contribution in [0.5, 0.6) is 0 Å². The highest BCUT2D eigenvalue weighted by atomic mass is 16.6. The maximum atomic E-state index is 12.8. The summed E-state index contributed by atoms with van der Waals surface area (Å²) >= 11 is 0. The molecule has 1 aliphatic carbocycles. The zero-order chi connectivity index (χ0) is 19.5. The van der Waals surface area contributed by atoms with Gasteiger partial charge >= 0.3 is 0 Å². The second-order valence-corrected chi connectivity index (χ2v) is 6.99. The molecule has 8 nitrogen and oxygen atoms in total. The third-order valence-corrected chi connectivity index (χ3v) is 5.16. The highest BCUT2D eigenvalue weighted by Crippen LogP contribution is 2.38. The number of amides is 2. The number of benzene rings is 1. The summed E-state index contributed by atoms with van der Waals surface area (Å²) in [7, 11) is 0. The van der Waals surface area contributed by atoms with Crippen molar-refractivity contribution in [3.63, 3.8) is 0 Å². The Morgan fingerprint density at radius 1 is 1.15 bits per heavy atom. The van der Waals surface area contributed by atoms with Crippen molar-refractivity contribution in [1.82, 2.24) is 9.47 Å². The first-order valence-electron chi connectivity index (χ1n) is 8.66. The third-order valence-electron chi connectivity index (χ3n) is 5.16. The van der Waals surface area contributed by atoms with Crippen LogP contribution >= 0.6 is 0 Å². The quantitative estimate of drug-likeness (QED) is 0.350. The van der Waals surface area contributed by atoms with Crippen molar-refractivity contribution >= 4 is 23.3 Å². The van der Waals surface area contributed by atoms with Crippen LogP contribution in [0, 0.1) is 24.0 Å². The summed E-state index contributed by atoms with van der Waals surface area (Å²) in [5, 5.41) is 10.9. The minimum absolute atomic E-state index is 0.0366. The van der Waals surface area contributed by atoms with Crippen LogP contribution in [0.4, 0.5) is 5.69 Å². The number of non-ortho nitro benzene ring substituents is 1. The molecule has 0 bridgehead atoms. The number of carbonyl (C=O) groups is 3. The molecule has 0 spiro atoms. The van der Waals surface area contributed by atoms with Gasteiger partial charge in [-0.1, -0.05) is 0 Å². The van der Waals surface area contributed by atoms with Gasteiger partial charge in [0.25, 0.3) is 17.5 Å². The molecule has 4 rings (SSSR count). The first kappa shape index (κ1) is 17.1. The van der Waals surface area contributed by atoms with Crippen molar-refractivity contribution in [3.8, 4) is 0 Å². The monoisotopic (exact) mass is 367 g/mol. The normalized spacial score (nSPS) is 16.0. The SMILES string of the molecule is Cc1cc(C(=O)CN2C(=O)c3ccc([N+](=O)[O-])cc3C2=O)c(C)n1C1CC1. The Bertz CT molecular complexity index is 1030. The van der Waals surface area contributed by atoms with Crippen molar-refractivity contribution in [2.24, 2.45) is 0 Å². The summed E-state index contributed by atoms with van der Waals surface area (Å²) in [5.41, 5.74) is 2.11. The standard InChI is InChI=1S/C19H17N3O5/c1-10-7-15(11(2)21(10)12-3-4-12)17(23)9-20-18(24)14-6-5-13(22(26)27)8-16(14)19(20)25/h5-8,12H,3-4,9H2,1-2H3. The molecule has 1 aliphatic heterocycles. The van der Waals surface area contributed by atoms with Crippen LogP contribution in [-0.2, 0) is 0 Å². The lowest BCUT2D eigenvalue weighted by molar-refractivity contribution is -0.384. The number of carbonyl (C=O) groups excluding carboxylic acids is 3. The van der Waals surface area contributed by atoms with Gasteiger partial charge in [-0.2, -0.15) is 0 Å². The number of hydrogen-bond donors (Lipinski definition) is 0. The van der Waals surface area contributed by atoms with E-state index in [1.165, 1.54) is 12.1 Å². The lowest BCUT2D eigenvalue weighted by atomic mass is 10.1. The zero-order valence-corrected chi connectivity index (χ0v) is 14.9. The van der Waals surface area contributed by atoms with E-state index in [0.717, 1.165) is 35.2 Å². The summed E-state index contributed by atoms with van der Waals surface area (Å²) in [4.78, 5) is 49.0. The lowest BCUT2D eigenvalue weighted by Gasteiger charge is -2.13. The Morgan fingerprint density at radius 3 is 2.44 bits per heavy atom. The van der Waals surface area contributed by atoms with Gasteiger partial charge < -0.3 is 4.57 Å². The molecule has 0 radical (unpaired) electrons. The molecule has 2 amide bonds. The Balaban J connectivity index is 1.61. The number of rotatable bonds is 5. The third kappa shape index (κ3) is 2.64. The minimum atomic E-state index is -0.678. The second-order valence-electron chi connectivity index (χ2n) is 6.99. The minimum Gasteiger partial charge on any atom is -0.345 e. The maximum absolute atomic E-state index is 12.8. The van der Waals surface area contributed by atoms with Gasteiger partial charge in [-0.15, -0.1) is 0 Å². The highest BCUT2D eigenvalue weighted by Gasteiger charge is 2.38. The Labute approximate surface area is 154 Å². The van der Waals surface area contributed by atoms with Crippen molar-refractivity contribution in [2.45, 2.75) is 32.7 Å². The zero-order valence-electron chi connectivity index (χ0n) is 14.9. The fraction of sp³-hybridized carbons (Fsp3) is 0.316. The van der Waals surface area contributed by atoms with E-state index in [-0.39, 0.29) is 29.1 Å². The van der Waals surface area contributed by atoms with E-state index >= 15 is 0 Å². The smallest absolute Gasteiger partial charge is 0.270 e. The summed E-state index contributed by atoms with van der Waals surface area (Å²) in [6.07, 6.45) is 2.17. The van der Waals surface area contributed by atoms with E-state index < -0.39 is 16.7 Å². The number of aromatic nitrogens is 1. The average molecular weight is 367 g/mol. The molecule has 1 aromatic heterocycles. The van der Waals surface area contributed by atoms with Gasteiger partial charge in [0.05, 0.1) is 22.6 Å². The Morgan fingerprint density at radius 2 is 1.81 bits per heavy atom. The number of fused-ring (bicyclic) bond motifs is 1. The molecule has 0 saturated heterocycles. The van der Waals surface area contributed by atoms with Crippen LogP contribution in [0.3, 0.4) is 0 Å². The predicted octanol–water partition coefficient (Wildman–Crippen LogP) is 2.83. The summed E-state index contributed by atoms with van der Waals surface area (Å²) in [6.45, 7) is 3.42. The number of aryl methyl sites for hydroxylation is 1. The largest absolute Gasteiger partial charge is 0.345 e. The van der Waals surface area contributed by atoms with E-state index in [4.69, 9.17) is 0 Å². The van der Waals surface area contributed by atoms with E-state index in [0.29, 0.717) is 11.6 Å². The molecule has 1 saturated carbocycles. The van der Waals surface area contributed by atoms with Gasteiger partial charge in [0, 0.05) is 35.1 Å². The molecular weight excluding hydrogens is 350 g/mol. The molecule has 27 heavy (non-hydrogen) atoms. The lowest BCUT2D eigenvalue weighted by Crippen LogP contribution is -2.35. The summed E-state index contributed by atoms with van der Waals surface area (Å²) in [5.74, 6) is -1.60. The van der Waals surface area contributed by atoms with Gasteiger partial charge in [0.15, 0.2) is 5.78 Å². The van der Waals surface area contributed by atoms with E-state index in [2.05, 4.69) is 4.57 Å². The number of imide groups is 1. The van der Waals surface area contributed by atoms with Gasteiger partial charge in [0.2, 0.25) is 0 Å². The molecule has 2 aliphatic rings. The number of Topliss-reactive ketones (excluding diaryl/α,β-unsaturated/α-hetero) is 1. The number of hydrogen-bond acceptors (Lipinski definition) is 5. The van der Waals surface area contributed by atoms with Gasteiger partial charge in [0.1, 0.15) is 0 Å². The van der Waals surface area contributed by atoms with Crippen LogP contribution in [0.2, 0.25) is 0 Å². The first-order chi connectivity index (χ1) is 12.8. The molecule has 1 fully saturated rings. The molecule has 0 unspecified atom stereocenters. The maximum Gasteiger partial charge on any atom is 0.270 e. The molecule has 0 N–H and O–H groups in total. The second kappa shape index (κ2) is 5.87. The molecule has 1 aromatic carbocycles. The van der Waals surface area contributed by atoms with Crippen molar-refractivity contribution in [1.29, 1.82) is 0 Å². The fourth-order valence-electron chi connectivity index (χ4n) is 3.72. The summed E-state index contributed by atoms with van der Waals surface area (Å²) < 4.78 is 2.12. The average Bonchev–Trinajstić information content (AvgIpc) is 3.38. The van der Waals surface area contributed by atoms with E-state index in [1.807, 2.05) is 13.8 Å². The fourth-order valence-corrected chi connectivity index (χ4v) is 3.72. The van der Waals surface area contributed by atoms with Crippen molar-refractivity contribution < 1.29 is 19.3 Å². The molecule has 138 valence electrons. The van der Waals surface area contributed by atoms with Crippen molar-refractivity contribution in [3.05, 3.63) is 62.5 Å². The molecule has 0 atom stereocenters. The van der Waals surface area contributed by atoms with Gasteiger partial charge in [-0.25, -0.2) is 0 Å². The van der Waals surface area contributed by atoms with Gasteiger partial charge in [-0.05, 0) is 38.8 Å². The number of nitro groups is 1. The number of nitrogens with zero attached hydrogens (tertiary/aromatic N) is 3. The van der Waals surface area contributed by atoms with Crippen LogP contribution in [0.25, 0.3) is 0 Å². The topological polar surface area (TPSA) is 103 Å². The van der Waals surface area contributed by atoms with Crippen LogP contribution in [0.15, 0.2) is 24.3 Å². The van der Waals surface area contributed by atoms with Crippen LogP contribution in [-0.4, -0.2) is 38.5 Å². The predicted molar refractivity (Wildman–Crippen MR) is 95.0 cm³/mol. The number of nitro benzene ring substituents is 1. The Kier molecular flexibility index (Phi) is 3.73. The molecule has 8 heteroatoms. The summed E-state index contributed by atoms with van der Waals surface area (Å²) in [6, 6.07) is 5.74. The highest BCUT2D eigenvalue weighted by molar-refractivity contribution is 6.23. The van der Waals surface area contributed by atoms with E-state index in [9.17, 15) is 24.5 Å². The Hall–Kier alpha value is -3.29. The molecular formula is C19H17N3O5. The van der Waals surface area contributed by atoms with Crippen LogP contribution < -0.4 is 0 Å². The van der Waals surface area contributed by atoms with Crippen LogP contribution in [0.1, 0.15) is 61.3 Å². The molecule has 2 aromatic rings. The van der Waals surface area contributed by atoms with Crippen molar-refractivity contribution in [2.75, 3.05) is 6.54 Å². The molecule has 2 heterocycles. The first-order valence-corrected chi connectivity index (χ1v) is 8.66.